The van der Waals surface area contributed by atoms with Gasteiger partial charge in [-0.05, 0) is 31.2 Å². The Bertz CT molecular complexity index is 515. The van der Waals surface area contributed by atoms with Gasteiger partial charge in [0.25, 0.3) is 5.91 Å². The van der Waals surface area contributed by atoms with E-state index in [1.165, 1.54) is 11.9 Å². The Labute approximate surface area is 125 Å². The predicted molar refractivity (Wildman–Crippen MR) is 72.0 cm³/mol. The van der Waals surface area contributed by atoms with Gasteiger partial charge in [0, 0.05) is 25.2 Å². The SMILES string of the molecule is CN(C(=O)c1ccc(F)c(C(F)(F)F)c1)C1CCNC1.Cl. The number of nitrogens with one attached hydrogen (secondary N) is 1. The molecule has 1 unspecified atom stereocenters. The fraction of sp³-hybridized carbons (Fsp3) is 0.462. The molecule has 21 heavy (non-hydrogen) atoms. The van der Waals surface area contributed by atoms with E-state index < -0.39 is 23.5 Å². The second-order valence-corrected chi connectivity index (χ2v) is 4.76. The lowest BCUT2D eigenvalue weighted by Gasteiger charge is -2.24. The molecular formula is C13H15ClF4N2O. The van der Waals surface area contributed by atoms with E-state index in [1.54, 1.807) is 0 Å². The first-order valence-corrected chi connectivity index (χ1v) is 6.15. The normalized spacial score (nSPS) is 18.2. The first-order valence-electron chi connectivity index (χ1n) is 6.15. The van der Waals surface area contributed by atoms with Crippen molar-refractivity contribution in [1.82, 2.24) is 10.2 Å². The quantitative estimate of drug-likeness (QED) is 0.848. The van der Waals surface area contributed by atoms with Crippen LogP contribution in [0.15, 0.2) is 18.2 Å². The third-order valence-corrected chi connectivity index (χ3v) is 3.42. The first-order chi connectivity index (χ1) is 9.30. The van der Waals surface area contributed by atoms with Gasteiger partial charge in [-0.2, -0.15) is 13.2 Å². The fourth-order valence-corrected chi connectivity index (χ4v) is 2.21. The van der Waals surface area contributed by atoms with Gasteiger partial charge in [-0.3, -0.25) is 4.79 Å². The van der Waals surface area contributed by atoms with Crippen LogP contribution in [0.5, 0.6) is 0 Å². The summed E-state index contributed by atoms with van der Waals surface area (Å²) in [5.41, 5.74) is -1.57. The number of benzene rings is 1. The van der Waals surface area contributed by atoms with Crippen molar-refractivity contribution in [1.29, 1.82) is 0 Å². The maximum atomic E-state index is 13.2. The topological polar surface area (TPSA) is 32.3 Å². The molecule has 1 fully saturated rings. The molecule has 118 valence electrons. The minimum Gasteiger partial charge on any atom is -0.337 e. The number of hydrogen-bond acceptors (Lipinski definition) is 2. The molecule has 1 aromatic carbocycles. The molecule has 3 nitrogen and oxygen atoms in total. The van der Waals surface area contributed by atoms with Gasteiger partial charge in [0.2, 0.25) is 0 Å². The second kappa shape index (κ2) is 6.62. The zero-order chi connectivity index (χ0) is 14.9. The number of carbonyl (C=O) groups excluding carboxylic acids is 1. The number of likely N-dealkylation sites (N-methyl/N-ethyl adjacent to an activating group) is 1. The Balaban J connectivity index is 0.00000220. The molecule has 1 saturated heterocycles. The molecule has 0 saturated carbocycles. The minimum atomic E-state index is -4.81. The van der Waals surface area contributed by atoms with Crippen molar-refractivity contribution in [2.75, 3.05) is 20.1 Å². The summed E-state index contributed by atoms with van der Waals surface area (Å²) in [6.07, 6.45) is -4.07. The fourth-order valence-electron chi connectivity index (χ4n) is 2.21. The van der Waals surface area contributed by atoms with Crippen molar-refractivity contribution in [3.05, 3.63) is 35.1 Å². The van der Waals surface area contributed by atoms with Crippen LogP contribution < -0.4 is 5.32 Å². The molecule has 1 amide bonds. The Morgan fingerprint density at radius 1 is 1.38 bits per heavy atom. The van der Waals surface area contributed by atoms with Crippen molar-refractivity contribution in [2.45, 2.75) is 18.6 Å². The minimum absolute atomic E-state index is 0. The molecule has 0 aliphatic carbocycles. The van der Waals surface area contributed by atoms with Gasteiger partial charge in [0.1, 0.15) is 5.82 Å². The lowest BCUT2D eigenvalue weighted by molar-refractivity contribution is -0.140. The maximum absolute atomic E-state index is 13.2. The lowest BCUT2D eigenvalue weighted by Crippen LogP contribution is -2.38. The predicted octanol–water partition coefficient (Wildman–Crippen LogP) is 2.70. The molecule has 1 heterocycles. The number of carbonyl (C=O) groups is 1. The summed E-state index contributed by atoms with van der Waals surface area (Å²) in [6, 6.07) is 2.26. The van der Waals surface area contributed by atoms with Gasteiger partial charge in [0.05, 0.1) is 5.56 Å². The number of rotatable bonds is 2. The van der Waals surface area contributed by atoms with Gasteiger partial charge in [-0.15, -0.1) is 12.4 Å². The Morgan fingerprint density at radius 3 is 2.57 bits per heavy atom. The van der Waals surface area contributed by atoms with E-state index >= 15 is 0 Å². The summed E-state index contributed by atoms with van der Waals surface area (Å²) in [5.74, 6) is -1.91. The molecule has 0 radical (unpaired) electrons. The van der Waals surface area contributed by atoms with E-state index in [0.717, 1.165) is 19.0 Å². The molecule has 0 bridgehead atoms. The van der Waals surface area contributed by atoms with E-state index in [4.69, 9.17) is 0 Å². The Hall–Kier alpha value is -1.34. The summed E-state index contributed by atoms with van der Waals surface area (Å²) in [6.45, 7) is 1.37. The van der Waals surface area contributed by atoms with Gasteiger partial charge < -0.3 is 10.2 Å². The molecule has 1 N–H and O–H groups in total. The maximum Gasteiger partial charge on any atom is 0.419 e. The number of halogens is 5. The van der Waals surface area contributed by atoms with Crippen molar-refractivity contribution >= 4 is 18.3 Å². The van der Waals surface area contributed by atoms with Crippen molar-refractivity contribution in [3.63, 3.8) is 0 Å². The molecule has 0 aromatic heterocycles. The van der Waals surface area contributed by atoms with Crippen LogP contribution in [0.4, 0.5) is 17.6 Å². The van der Waals surface area contributed by atoms with Crippen LogP contribution in [0.2, 0.25) is 0 Å². The second-order valence-electron chi connectivity index (χ2n) is 4.76. The molecular weight excluding hydrogens is 312 g/mol. The Morgan fingerprint density at radius 2 is 2.05 bits per heavy atom. The molecule has 1 aliphatic rings. The van der Waals surface area contributed by atoms with Gasteiger partial charge in [-0.25, -0.2) is 4.39 Å². The van der Waals surface area contributed by atoms with Crippen LogP contribution in [-0.4, -0.2) is 37.0 Å². The van der Waals surface area contributed by atoms with Crippen molar-refractivity contribution < 1.29 is 22.4 Å². The molecule has 8 heteroatoms. The largest absolute Gasteiger partial charge is 0.419 e. The highest BCUT2D eigenvalue weighted by molar-refractivity contribution is 5.94. The zero-order valence-electron chi connectivity index (χ0n) is 11.2. The van der Waals surface area contributed by atoms with E-state index in [9.17, 15) is 22.4 Å². The highest BCUT2D eigenvalue weighted by Crippen LogP contribution is 2.32. The number of alkyl halides is 3. The average Bonchev–Trinajstić information content (AvgIpc) is 2.90. The summed E-state index contributed by atoms with van der Waals surface area (Å²) >= 11 is 0. The van der Waals surface area contributed by atoms with Gasteiger partial charge >= 0.3 is 6.18 Å². The van der Waals surface area contributed by atoms with Crippen LogP contribution in [0.25, 0.3) is 0 Å². The third kappa shape index (κ3) is 3.85. The van der Waals surface area contributed by atoms with E-state index in [1.807, 2.05) is 0 Å². The summed E-state index contributed by atoms with van der Waals surface area (Å²) < 4.78 is 51.0. The molecule has 0 spiro atoms. The van der Waals surface area contributed by atoms with Crippen LogP contribution in [0.3, 0.4) is 0 Å². The highest BCUT2D eigenvalue weighted by Gasteiger charge is 2.35. The summed E-state index contributed by atoms with van der Waals surface area (Å²) in [5, 5.41) is 3.07. The van der Waals surface area contributed by atoms with Crippen molar-refractivity contribution in [2.24, 2.45) is 0 Å². The standard InChI is InChI=1S/C13H14F4N2O.ClH/c1-19(9-4-5-18-7-9)12(20)8-2-3-11(14)10(6-8)13(15,16)17;/h2-3,6,9,18H,4-5,7H2,1H3;1H. The van der Waals surface area contributed by atoms with Crippen LogP contribution in [0, 0.1) is 5.82 Å². The summed E-state index contributed by atoms with van der Waals surface area (Å²) in [4.78, 5) is 13.5. The molecule has 1 aliphatic heterocycles. The molecule has 1 atom stereocenters. The lowest BCUT2D eigenvalue weighted by atomic mass is 10.1. The number of hydrogen-bond donors (Lipinski definition) is 1. The Kier molecular flexibility index (Phi) is 5.58. The number of amides is 1. The van der Waals surface area contributed by atoms with Gasteiger partial charge in [-0.1, -0.05) is 0 Å². The summed E-state index contributed by atoms with van der Waals surface area (Å²) in [7, 11) is 1.54. The monoisotopic (exact) mass is 326 g/mol. The average molecular weight is 327 g/mol. The smallest absolute Gasteiger partial charge is 0.337 e. The van der Waals surface area contributed by atoms with Crippen LogP contribution in [0.1, 0.15) is 22.3 Å². The zero-order valence-corrected chi connectivity index (χ0v) is 12.0. The molecule has 1 aromatic rings. The first kappa shape index (κ1) is 17.7. The van der Waals surface area contributed by atoms with E-state index in [2.05, 4.69) is 5.32 Å². The number of nitrogens with zero attached hydrogens (tertiary/aromatic N) is 1. The van der Waals surface area contributed by atoms with Crippen LogP contribution in [-0.2, 0) is 6.18 Å². The molecule has 2 rings (SSSR count). The third-order valence-electron chi connectivity index (χ3n) is 3.42. The van der Waals surface area contributed by atoms with Gasteiger partial charge in [0.15, 0.2) is 0 Å². The van der Waals surface area contributed by atoms with Crippen LogP contribution >= 0.6 is 12.4 Å². The highest BCUT2D eigenvalue weighted by atomic mass is 35.5. The van der Waals surface area contributed by atoms with Crippen molar-refractivity contribution in [3.8, 4) is 0 Å². The van der Waals surface area contributed by atoms with E-state index in [-0.39, 0.29) is 24.0 Å². The van der Waals surface area contributed by atoms with E-state index in [0.29, 0.717) is 18.7 Å².